The molecule has 30 heavy (non-hydrogen) atoms. The first-order valence-corrected chi connectivity index (χ1v) is 11.9. The maximum absolute atomic E-state index is 12.6. The summed E-state index contributed by atoms with van der Waals surface area (Å²) in [4.78, 5) is 23.9. The Balaban J connectivity index is 1.53. The van der Waals surface area contributed by atoms with E-state index >= 15 is 0 Å². The summed E-state index contributed by atoms with van der Waals surface area (Å²) in [5, 5.41) is 15.5. The van der Waals surface area contributed by atoms with Crippen molar-refractivity contribution in [2.24, 2.45) is 0 Å². The van der Waals surface area contributed by atoms with Crippen LogP contribution in [-0.4, -0.2) is 27.4 Å². The molecule has 0 aliphatic heterocycles. The van der Waals surface area contributed by atoms with Gasteiger partial charge in [-0.05, 0) is 29.6 Å². The van der Waals surface area contributed by atoms with Crippen molar-refractivity contribution in [1.29, 1.82) is 5.26 Å². The number of hydrogen-bond donors (Lipinski definition) is 1. The van der Waals surface area contributed by atoms with Gasteiger partial charge in [0.15, 0.2) is 5.82 Å². The lowest BCUT2D eigenvalue weighted by Crippen LogP contribution is -2.14. The van der Waals surface area contributed by atoms with Crippen molar-refractivity contribution in [3.8, 4) is 16.8 Å². The van der Waals surface area contributed by atoms with E-state index in [1.165, 1.54) is 23.5 Å². The van der Waals surface area contributed by atoms with Crippen LogP contribution in [-0.2, 0) is 4.79 Å². The second-order valence-corrected chi connectivity index (χ2v) is 9.06. The van der Waals surface area contributed by atoms with Crippen molar-refractivity contribution >= 4 is 57.4 Å². The molecule has 0 aliphatic carbocycles. The third kappa shape index (κ3) is 4.82. The molecule has 0 fully saturated rings. The van der Waals surface area contributed by atoms with E-state index < -0.39 is 0 Å². The molecule has 1 N–H and O–H groups in total. The largest absolute Gasteiger partial charge is 0.324 e. The summed E-state index contributed by atoms with van der Waals surface area (Å²) in [6, 6.07) is 21.4. The van der Waals surface area contributed by atoms with Gasteiger partial charge in [-0.25, -0.2) is 9.97 Å². The van der Waals surface area contributed by atoms with Crippen LogP contribution in [0.2, 0.25) is 0 Å². The lowest BCUT2D eigenvalue weighted by atomic mass is 10.2. The average Bonchev–Trinajstić information content (AvgIpc) is 3.32. The molecule has 2 heterocycles. The molecule has 0 unspecified atom stereocenters. The van der Waals surface area contributed by atoms with Gasteiger partial charge in [0.25, 0.3) is 0 Å². The molecule has 0 saturated carbocycles. The number of nitrogens with zero attached hydrogens (tertiary/aromatic N) is 3. The fourth-order valence-corrected chi connectivity index (χ4v) is 4.95. The molecule has 0 spiro atoms. The van der Waals surface area contributed by atoms with Crippen molar-refractivity contribution < 1.29 is 4.79 Å². The summed E-state index contributed by atoms with van der Waals surface area (Å²) in [6.07, 6.45) is 0. The van der Waals surface area contributed by atoms with Gasteiger partial charge in [-0.2, -0.15) is 5.26 Å². The maximum Gasteiger partial charge on any atom is 0.234 e. The number of thioether (sulfide) groups is 2. The number of carbonyl (C=O) groups is 1. The Kier molecular flexibility index (Phi) is 6.64. The van der Waals surface area contributed by atoms with Gasteiger partial charge in [-0.15, -0.1) is 23.1 Å². The number of carbonyl (C=O) groups excluding carboxylic acids is 1. The van der Waals surface area contributed by atoms with Crippen LogP contribution < -0.4 is 5.32 Å². The van der Waals surface area contributed by atoms with Gasteiger partial charge in [0.2, 0.25) is 5.91 Å². The SMILES string of the molecule is N#CCSc1ccccc1NC(=O)CSc1nc(-c2cccs2)nc2ccccc12. The number of anilines is 1. The highest BCUT2D eigenvalue weighted by molar-refractivity contribution is 8.00. The highest BCUT2D eigenvalue weighted by Crippen LogP contribution is 2.31. The van der Waals surface area contributed by atoms with Gasteiger partial charge in [-0.1, -0.05) is 48.2 Å². The molecule has 0 atom stereocenters. The monoisotopic (exact) mass is 448 g/mol. The van der Waals surface area contributed by atoms with E-state index in [4.69, 9.17) is 10.2 Å². The number of amides is 1. The first-order chi connectivity index (χ1) is 14.7. The van der Waals surface area contributed by atoms with Crippen LogP contribution >= 0.6 is 34.9 Å². The molecule has 2 aromatic heterocycles. The Morgan fingerprint density at radius 2 is 1.87 bits per heavy atom. The summed E-state index contributed by atoms with van der Waals surface area (Å²) >= 11 is 4.39. The molecule has 148 valence electrons. The van der Waals surface area contributed by atoms with E-state index in [1.807, 2.05) is 66.0 Å². The molecule has 2 aromatic carbocycles. The number of nitriles is 1. The first-order valence-electron chi connectivity index (χ1n) is 9.06. The number of para-hydroxylation sites is 2. The van der Waals surface area contributed by atoms with Crippen LogP contribution in [0.1, 0.15) is 0 Å². The highest BCUT2D eigenvalue weighted by Gasteiger charge is 2.13. The van der Waals surface area contributed by atoms with Crippen LogP contribution in [0.5, 0.6) is 0 Å². The van der Waals surface area contributed by atoms with Crippen molar-refractivity contribution in [1.82, 2.24) is 9.97 Å². The highest BCUT2D eigenvalue weighted by atomic mass is 32.2. The molecule has 4 aromatic rings. The minimum atomic E-state index is -0.120. The molecule has 5 nitrogen and oxygen atoms in total. The van der Waals surface area contributed by atoms with E-state index in [9.17, 15) is 4.79 Å². The minimum Gasteiger partial charge on any atom is -0.324 e. The zero-order valence-electron chi connectivity index (χ0n) is 15.7. The molecule has 0 aliphatic rings. The predicted octanol–water partition coefficient (Wildman–Crippen LogP) is 5.70. The second kappa shape index (κ2) is 9.76. The van der Waals surface area contributed by atoms with E-state index in [0.29, 0.717) is 11.6 Å². The molecule has 0 bridgehead atoms. The Hall–Kier alpha value is -2.86. The summed E-state index contributed by atoms with van der Waals surface area (Å²) in [5.41, 5.74) is 1.58. The number of thiophene rings is 1. The molecule has 0 saturated heterocycles. The third-order valence-electron chi connectivity index (χ3n) is 4.10. The van der Waals surface area contributed by atoms with Crippen molar-refractivity contribution in [3.05, 3.63) is 66.0 Å². The number of rotatable bonds is 7. The smallest absolute Gasteiger partial charge is 0.234 e. The average molecular weight is 449 g/mol. The number of hydrogen-bond acceptors (Lipinski definition) is 7. The number of fused-ring (bicyclic) bond motifs is 1. The number of nitrogens with one attached hydrogen (secondary N) is 1. The Labute approximate surface area is 186 Å². The minimum absolute atomic E-state index is 0.120. The van der Waals surface area contributed by atoms with E-state index in [-0.39, 0.29) is 11.7 Å². The zero-order valence-corrected chi connectivity index (χ0v) is 18.2. The Morgan fingerprint density at radius 1 is 1.03 bits per heavy atom. The normalized spacial score (nSPS) is 10.6. The van der Waals surface area contributed by atoms with E-state index in [0.717, 1.165) is 31.4 Å². The van der Waals surface area contributed by atoms with Crippen LogP contribution in [0.4, 0.5) is 5.69 Å². The quantitative estimate of drug-likeness (QED) is 0.288. The van der Waals surface area contributed by atoms with Gasteiger partial charge in [-0.3, -0.25) is 4.79 Å². The topological polar surface area (TPSA) is 78.7 Å². The van der Waals surface area contributed by atoms with E-state index in [2.05, 4.69) is 16.4 Å². The fraction of sp³-hybridized carbons (Fsp3) is 0.0909. The molecule has 1 amide bonds. The number of aromatic nitrogens is 2. The molecular formula is C22H16N4OS3. The zero-order chi connectivity index (χ0) is 20.8. The van der Waals surface area contributed by atoms with E-state index in [1.54, 1.807) is 11.3 Å². The van der Waals surface area contributed by atoms with Gasteiger partial charge in [0.1, 0.15) is 5.03 Å². The third-order valence-corrected chi connectivity index (χ3v) is 6.90. The van der Waals surface area contributed by atoms with Crippen LogP contribution in [0.3, 0.4) is 0 Å². The Bertz CT molecular complexity index is 1220. The lowest BCUT2D eigenvalue weighted by molar-refractivity contribution is -0.113. The van der Waals surface area contributed by atoms with Crippen molar-refractivity contribution in [2.75, 3.05) is 16.8 Å². The first kappa shape index (κ1) is 20.4. The van der Waals surface area contributed by atoms with Crippen molar-refractivity contribution in [3.63, 3.8) is 0 Å². The fourth-order valence-electron chi connectivity index (χ4n) is 2.80. The van der Waals surface area contributed by atoms with Crippen LogP contribution in [0, 0.1) is 11.3 Å². The molecule has 8 heteroatoms. The lowest BCUT2D eigenvalue weighted by Gasteiger charge is -2.10. The molecular weight excluding hydrogens is 432 g/mol. The standard InChI is InChI=1S/C22H16N4OS3/c23-11-13-29-18-9-4-3-8-17(18)24-20(27)14-30-22-15-6-1-2-7-16(15)25-21(26-22)19-10-5-12-28-19/h1-10,12H,13-14H2,(H,24,27). The maximum atomic E-state index is 12.6. The summed E-state index contributed by atoms with van der Waals surface area (Å²) in [5.74, 6) is 1.11. The number of benzene rings is 2. The van der Waals surface area contributed by atoms with Gasteiger partial charge in [0, 0.05) is 10.3 Å². The summed E-state index contributed by atoms with van der Waals surface area (Å²) < 4.78 is 0. The summed E-state index contributed by atoms with van der Waals surface area (Å²) in [6.45, 7) is 0. The van der Waals surface area contributed by atoms with Gasteiger partial charge in [0.05, 0.1) is 33.7 Å². The van der Waals surface area contributed by atoms with Crippen LogP contribution in [0.15, 0.2) is 76.0 Å². The Morgan fingerprint density at radius 3 is 2.70 bits per heavy atom. The summed E-state index contributed by atoms with van der Waals surface area (Å²) in [7, 11) is 0. The molecule has 4 rings (SSSR count). The second-order valence-electron chi connectivity index (χ2n) is 6.13. The van der Waals surface area contributed by atoms with Gasteiger partial charge < -0.3 is 5.32 Å². The predicted molar refractivity (Wildman–Crippen MR) is 125 cm³/mol. The van der Waals surface area contributed by atoms with Crippen LogP contribution in [0.25, 0.3) is 21.6 Å². The van der Waals surface area contributed by atoms with Gasteiger partial charge >= 0.3 is 0 Å². The molecule has 0 radical (unpaired) electrons. The van der Waals surface area contributed by atoms with Crippen molar-refractivity contribution in [2.45, 2.75) is 9.92 Å².